The van der Waals surface area contributed by atoms with Crippen LogP contribution in [-0.4, -0.2) is 32.7 Å². The number of ether oxygens (including phenoxy) is 2. The third-order valence-electron chi connectivity index (χ3n) is 4.71. The summed E-state index contributed by atoms with van der Waals surface area (Å²) in [4.78, 5) is 0. The smallest absolute Gasteiger partial charge is 0.414 e. The molecule has 1 aromatic rings. The first-order valence-corrected chi connectivity index (χ1v) is 13.0. The Hall–Kier alpha value is -0.573. The average Bonchev–Trinajstić information content (AvgIpc) is 2.50. The molecule has 0 spiro atoms. The van der Waals surface area contributed by atoms with Gasteiger partial charge >= 0.3 is 6.36 Å². The van der Waals surface area contributed by atoms with Gasteiger partial charge in [0.25, 0.3) is 0 Å². The van der Waals surface area contributed by atoms with Crippen molar-refractivity contribution in [3.8, 4) is 5.75 Å². The van der Waals surface area contributed by atoms with Crippen LogP contribution in [0.15, 0.2) is 24.3 Å². The summed E-state index contributed by atoms with van der Waals surface area (Å²) in [6.45, 7) is 12.0. The first-order valence-electron chi connectivity index (χ1n) is 9.00. The molecule has 0 aliphatic heterocycles. The molecule has 0 heterocycles. The van der Waals surface area contributed by atoms with E-state index in [1.807, 2.05) is 0 Å². The quantitative estimate of drug-likeness (QED) is 0.217. The highest BCUT2D eigenvalue weighted by atomic mass is 79.9. The molecule has 0 N–H and O–H groups in total. The topological polar surface area (TPSA) is 27.7 Å². The van der Waals surface area contributed by atoms with Gasteiger partial charge in [-0.2, -0.15) is 0 Å². The summed E-state index contributed by atoms with van der Waals surface area (Å²) >= 11 is 3.48. The van der Waals surface area contributed by atoms with Crippen molar-refractivity contribution in [2.24, 2.45) is 0 Å². The van der Waals surface area contributed by atoms with Crippen LogP contribution in [0.4, 0.5) is 13.2 Å². The Bertz CT molecular complexity index is 557. The molecule has 0 aliphatic rings. The van der Waals surface area contributed by atoms with E-state index in [-0.39, 0.29) is 16.9 Å². The summed E-state index contributed by atoms with van der Waals surface area (Å²) in [7, 11) is -1.84. The fraction of sp³-hybridized carbons (Fsp3) is 0.684. The van der Waals surface area contributed by atoms with Crippen LogP contribution in [0.2, 0.25) is 18.1 Å². The maximum Gasteiger partial charge on any atom is 0.573 e. The van der Waals surface area contributed by atoms with Crippen LogP contribution >= 0.6 is 15.9 Å². The number of halogens is 4. The molecule has 0 radical (unpaired) electrons. The third-order valence-corrected chi connectivity index (χ3v) is 9.70. The maximum absolute atomic E-state index is 12.2. The number of rotatable bonds is 10. The molecule has 1 aromatic carbocycles. The summed E-state index contributed by atoms with van der Waals surface area (Å²) in [5, 5.41) is 1.02. The van der Waals surface area contributed by atoms with E-state index in [1.165, 1.54) is 12.1 Å². The van der Waals surface area contributed by atoms with Gasteiger partial charge in [-0.15, -0.1) is 13.2 Å². The molecular formula is C19H30BrF3O3Si. The van der Waals surface area contributed by atoms with E-state index >= 15 is 0 Å². The maximum atomic E-state index is 12.2. The first-order chi connectivity index (χ1) is 12.3. The molecule has 27 heavy (non-hydrogen) atoms. The summed E-state index contributed by atoms with van der Waals surface area (Å²) < 4.78 is 52.5. The van der Waals surface area contributed by atoms with Crippen LogP contribution in [0.1, 0.15) is 39.2 Å². The molecule has 156 valence electrons. The van der Waals surface area contributed by atoms with Gasteiger partial charge in [-0.1, -0.05) is 48.8 Å². The molecule has 8 heteroatoms. The fourth-order valence-corrected chi connectivity index (χ4v) is 4.10. The Morgan fingerprint density at radius 2 is 1.63 bits per heavy atom. The van der Waals surface area contributed by atoms with Gasteiger partial charge in [0.1, 0.15) is 5.75 Å². The van der Waals surface area contributed by atoms with Crippen molar-refractivity contribution in [1.82, 2.24) is 0 Å². The summed E-state index contributed by atoms with van der Waals surface area (Å²) in [6.07, 6.45) is -2.84. The van der Waals surface area contributed by atoms with Crippen molar-refractivity contribution in [3.05, 3.63) is 29.8 Å². The number of alkyl halides is 4. The normalized spacial score (nSPS) is 14.3. The fourth-order valence-electron chi connectivity index (χ4n) is 2.17. The molecule has 0 aliphatic carbocycles. The van der Waals surface area contributed by atoms with Gasteiger partial charge in [-0.05, 0) is 48.7 Å². The largest absolute Gasteiger partial charge is 0.573 e. The lowest BCUT2D eigenvalue weighted by atomic mass is 10.2. The highest BCUT2D eigenvalue weighted by molar-refractivity contribution is 9.09. The molecule has 3 nitrogen and oxygen atoms in total. The lowest BCUT2D eigenvalue weighted by Gasteiger charge is -2.39. The second-order valence-corrected chi connectivity index (χ2v) is 13.6. The average molecular weight is 471 g/mol. The SMILES string of the molecule is CC(C)(C)[Si](C)(C)OC(CCBr)CCOCc1ccc(OC(F)(F)F)cc1. The summed E-state index contributed by atoms with van der Waals surface area (Å²) in [6, 6.07) is 5.73. The van der Waals surface area contributed by atoms with Gasteiger partial charge in [-0.3, -0.25) is 0 Å². The van der Waals surface area contributed by atoms with Gasteiger partial charge in [0.15, 0.2) is 8.32 Å². The molecule has 0 fully saturated rings. The van der Waals surface area contributed by atoms with Crippen molar-refractivity contribution in [2.45, 2.75) is 70.8 Å². The van der Waals surface area contributed by atoms with Gasteiger partial charge < -0.3 is 13.9 Å². The molecule has 0 saturated carbocycles. The first kappa shape index (κ1) is 24.5. The molecule has 0 amide bonds. The predicted molar refractivity (Wildman–Crippen MR) is 108 cm³/mol. The highest BCUT2D eigenvalue weighted by Gasteiger charge is 2.38. The van der Waals surface area contributed by atoms with Gasteiger partial charge in [-0.25, -0.2) is 0 Å². The van der Waals surface area contributed by atoms with Gasteiger partial charge in [0, 0.05) is 18.0 Å². The zero-order valence-corrected chi connectivity index (χ0v) is 19.2. The molecule has 0 saturated heterocycles. The van der Waals surface area contributed by atoms with E-state index in [1.54, 1.807) is 12.1 Å². The van der Waals surface area contributed by atoms with Crippen molar-refractivity contribution >= 4 is 24.2 Å². The van der Waals surface area contributed by atoms with E-state index in [0.29, 0.717) is 13.2 Å². The van der Waals surface area contributed by atoms with Crippen LogP contribution in [-0.2, 0) is 15.8 Å². The van der Waals surface area contributed by atoms with Crippen molar-refractivity contribution < 1.29 is 27.1 Å². The molecular weight excluding hydrogens is 441 g/mol. The summed E-state index contributed by atoms with van der Waals surface area (Å²) in [5.41, 5.74) is 0.798. The minimum Gasteiger partial charge on any atom is -0.414 e. The van der Waals surface area contributed by atoms with Crippen LogP contribution < -0.4 is 4.74 Å². The van der Waals surface area contributed by atoms with Crippen molar-refractivity contribution in [3.63, 3.8) is 0 Å². The number of hydrogen-bond donors (Lipinski definition) is 0. The molecule has 0 aromatic heterocycles. The second kappa shape index (κ2) is 10.3. The predicted octanol–water partition coefficient (Wildman–Crippen LogP) is 6.67. The van der Waals surface area contributed by atoms with Crippen LogP contribution in [0.5, 0.6) is 5.75 Å². The van der Waals surface area contributed by atoms with Gasteiger partial charge in [0.2, 0.25) is 0 Å². The monoisotopic (exact) mass is 470 g/mol. The van der Waals surface area contributed by atoms with E-state index < -0.39 is 14.7 Å². The second-order valence-electron chi connectivity index (χ2n) is 8.01. The Morgan fingerprint density at radius 3 is 2.11 bits per heavy atom. The highest BCUT2D eigenvalue weighted by Crippen LogP contribution is 2.38. The van der Waals surface area contributed by atoms with Crippen LogP contribution in [0.3, 0.4) is 0 Å². The van der Waals surface area contributed by atoms with Crippen molar-refractivity contribution in [2.75, 3.05) is 11.9 Å². The molecule has 1 rings (SSSR count). The van der Waals surface area contributed by atoms with Crippen LogP contribution in [0.25, 0.3) is 0 Å². The summed E-state index contributed by atoms with van der Waals surface area (Å²) in [5.74, 6) is -0.230. The minimum atomic E-state index is -4.67. The third kappa shape index (κ3) is 9.45. The standard InChI is InChI=1S/C19H30BrF3O3Si/c1-18(2,3)27(4,5)26-17(10-12-20)11-13-24-14-15-6-8-16(9-7-15)25-19(21,22)23/h6-9,17H,10-14H2,1-5H3. The minimum absolute atomic E-state index is 0.132. The molecule has 0 bridgehead atoms. The van der Waals surface area contributed by atoms with Crippen LogP contribution in [0, 0.1) is 0 Å². The lowest BCUT2D eigenvalue weighted by Crippen LogP contribution is -2.44. The number of hydrogen-bond acceptors (Lipinski definition) is 3. The lowest BCUT2D eigenvalue weighted by molar-refractivity contribution is -0.274. The Morgan fingerprint density at radius 1 is 1.04 bits per heavy atom. The zero-order valence-electron chi connectivity index (χ0n) is 16.7. The van der Waals surface area contributed by atoms with E-state index in [4.69, 9.17) is 9.16 Å². The van der Waals surface area contributed by atoms with Crippen molar-refractivity contribution in [1.29, 1.82) is 0 Å². The van der Waals surface area contributed by atoms with E-state index in [0.717, 1.165) is 23.7 Å². The van der Waals surface area contributed by atoms with E-state index in [9.17, 15) is 13.2 Å². The Labute approximate surface area is 169 Å². The Kier molecular flexibility index (Phi) is 9.31. The number of benzene rings is 1. The zero-order chi connectivity index (χ0) is 20.7. The molecule has 1 atom stereocenters. The van der Waals surface area contributed by atoms with E-state index in [2.05, 4.69) is 54.5 Å². The Balaban J connectivity index is 2.46. The van der Waals surface area contributed by atoms with Gasteiger partial charge in [0.05, 0.1) is 6.61 Å². The molecule has 1 unspecified atom stereocenters.